The first-order valence-corrected chi connectivity index (χ1v) is 18.7. The van der Waals surface area contributed by atoms with Crippen LogP contribution in [0.3, 0.4) is 0 Å². The summed E-state index contributed by atoms with van der Waals surface area (Å²) in [5, 5.41) is 4.21. The molecule has 3 aromatic heterocycles. The Morgan fingerprint density at radius 3 is 1.46 bits per heavy atom. The van der Waals surface area contributed by atoms with Gasteiger partial charge in [-0.05, 0) is 52.6 Å². The fourth-order valence-electron chi connectivity index (χ4n) is 7.77. The maximum Gasteiger partial charge on any atom is 0.164 e. The summed E-state index contributed by atoms with van der Waals surface area (Å²) in [6.45, 7) is 0. The Balaban J connectivity index is 1.06. The third kappa shape index (κ3) is 5.45. The zero-order chi connectivity index (χ0) is 37.0. The first-order chi connectivity index (χ1) is 27.7. The molecular formula is C51H31N3O2. The van der Waals surface area contributed by atoms with Crippen molar-refractivity contribution >= 4 is 43.9 Å². The average molecular weight is 718 g/mol. The summed E-state index contributed by atoms with van der Waals surface area (Å²) in [6, 6.07) is 64.6. The molecule has 0 aliphatic carbocycles. The second-order valence-corrected chi connectivity index (χ2v) is 14.0. The summed E-state index contributed by atoms with van der Waals surface area (Å²) in [5.74, 6) is 1.82. The molecular weight excluding hydrogens is 687 g/mol. The van der Waals surface area contributed by atoms with Gasteiger partial charge in [0.25, 0.3) is 0 Å². The van der Waals surface area contributed by atoms with Crippen LogP contribution in [0.15, 0.2) is 197 Å². The number of aromatic nitrogens is 3. The lowest BCUT2D eigenvalue weighted by atomic mass is 9.94. The van der Waals surface area contributed by atoms with Gasteiger partial charge in [0.1, 0.15) is 22.3 Å². The lowest BCUT2D eigenvalue weighted by molar-refractivity contribution is 0.669. The molecule has 11 aromatic rings. The van der Waals surface area contributed by atoms with Gasteiger partial charge in [-0.15, -0.1) is 0 Å². The highest BCUT2D eigenvalue weighted by molar-refractivity contribution is 6.14. The molecule has 0 fully saturated rings. The maximum atomic E-state index is 6.83. The number of furan rings is 2. The largest absolute Gasteiger partial charge is 0.455 e. The summed E-state index contributed by atoms with van der Waals surface area (Å²) >= 11 is 0. The van der Waals surface area contributed by atoms with Gasteiger partial charge in [0.2, 0.25) is 0 Å². The molecule has 0 saturated carbocycles. The SMILES string of the molecule is c1ccc(-c2ccc(-c3cc(-c4cccc5c4oc4cc(-c6nc(-c7ccccc7)nc(-c7ccccc7)n6)ccc45)cc4c3oc3ccccc34)cc2)cc1. The molecule has 0 unspecified atom stereocenters. The van der Waals surface area contributed by atoms with E-state index in [0.29, 0.717) is 17.5 Å². The van der Waals surface area contributed by atoms with Crippen molar-refractivity contribution in [1.82, 2.24) is 15.0 Å². The second kappa shape index (κ2) is 13.0. The van der Waals surface area contributed by atoms with Crippen molar-refractivity contribution in [2.75, 3.05) is 0 Å². The minimum absolute atomic E-state index is 0.584. The molecule has 0 radical (unpaired) electrons. The highest BCUT2D eigenvalue weighted by Gasteiger charge is 2.20. The van der Waals surface area contributed by atoms with Crippen LogP contribution >= 0.6 is 0 Å². The van der Waals surface area contributed by atoms with Crippen LogP contribution in [-0.2, 0) is 0 Å². The number of rotatable bonds is 6. The minimum atomic E-state index is 0.584. The van der Waals surface area contributed by atoms with Crippen molar-refractivity contribution in [2.45, 2.75) is 0 Å². The quantitative estimate of drug-likeness (QED) is 0.171. The van der Waals surface area contributed by atoms with Crippen LogP contribution in [0.2, 0.25) is 0 Å². The van der Waals surface area contributed by atoms with Gasteiger partial charge in [0, 0.05) is 49.4 Å². The molecule has 0 saturated heterocycles. The molecule has 3 heterocycles. The Hall–Kier alpha value is -7.63. The van der Waals surface area contributed by atoms with E-state index in [1.165, 1.54) is 11.1 Å². The lowest BCUT2D eigenvalue weighted by Gasteiger charge is -2.10. The molecule has 0 atom stereocenters. The average Bonchev–Trinajstić information content (AvgIpc) is 3.85. The highest BCUT2D eigenvalue weighted by atomic mass is 16.3. The second-order valence-electron chi connectivity index (χ2n) is 14.0. The number of hydrogen-bond acceptors (Lipinski definition) is 5. The molecule has 56 heavy (non-hydrogen) atoms. The van der Waals surface area contributed by atoms with Crippen LogP contribution in [-0.4, -0.2) is 15.0 Å². The van der Waals surface area contributed by atoms with Gasteiger partial charge in [-0.3, -0.25) is 0 Å². The van der Waals surface area contributed by atoms with Crippen LogP contribution in [0.25, 0.3) is 111 Å². The molecule has 0 aliphatic rings. The predicted octanol–water partition coefficient (Wildman–Crippen LogP) is 13.7. The van der Waals surface area contributed by atoms with E-state index < -0.39 is 0 Å². The van der Waals surface area contributed by atoms with E-state index in [1.54, 1.807) is 0 Å². The van der Waals surface area contributed by atoms with Gasteiger partial charge in [0.05, 0.1) is 0 Å². The number of fused-ring (bicyclic) bond motifs is 6. The van der Waals surface area contributed by atoms with Crippen LogP contribution in [0.4, 0.5) is 0 Å². The van der Waals surface area contributed by atoms with E-state index in [2.05, 4.69) is 103 Å². The van der Waals surface area contributed by atoms with Crippen LogP contribution in [0.5, 0.6) is 0 Å². The molecule has 5 heteroatoms. The summed E-state index contributed by atoms with van der Waals surface area (Å²) in [6.07, 6.45) is 0. The third-order valence-electron chi connectivity index (χ3n) is 10.5. The minimum Gasteiger partial charge on any atom is -0.455 e. The molecule has 8 aromatic carbocycles. The van der Waals surface area contributed by atoms with E-state index in [4.69, 9.17) is 23.8 Å². The fraction of sp³-hybridized carbons (Fsp3) is 0. The van der Waals surface area contributed by atoms with Crippen LogP contribution < -0.4 is 0 Å². The standard InChI is InChI=1S/C51H31N3O2/c1-4-13-32(14-5-1)33-23-25-34(26-24-33)43-29-38(30-44-40-19-10-11-22-45(40)55-48(43)44)39-20-12-21-42-41-28-27-37(31-46(41)56-47(39)42)51-53-49(35-15-6-2-7-16-35)52-50(54-51)36-17-8-3-9-18-36/h1-31H. The number of hydrogen-bond donors (Lipinski definition) is 0. The maximum absolute atomic E-state index is 6.83. The van der Waals surface area contributed by atoms with Crippen molar-refractivity contribution < 1.29 is 8.83 Å². The Bertz CT molecular complexity index is 3170. The number of benzene rings is 8. The summed E-state index contributed by atoms with van der Waals surface area (Å²) < 4.78 is 13.4. The Morgan fingerprint density at radius 2 is 0.768 bits per heavy atom. The lowest BCUT2D eigenvalue weighted by Crippen LogP contribution is -2.00. The van der Waals surface area contributed by atoms with Crippen molar-refractivity contribution in [2.24, 2.45) is 0 Å². The molecule has 5 nitrogen and oxygen atoms in total. The smallest absolute Gasteiger partial charge is 0.164 e. The van der Waals surface area contributed by atoms with Gasteiger partial charge >= 0.3 is 0 Å². The number of para-hydroxylation sites is 2. The van der Waals surface area contributed by atoms with Crippen molar-refractivity contribution in [3.63, 3.8) is 0 Å². The molecule has 262 valence electrons. The van der Waals surface area contributed by atoms with E-state index in [0.717, 1.165) is 82.8 Å². The monoisotopic (exact) mass is 717 g/mol. The number of nitrogens with zero attached hydrogens (tertiary/aromatic N) is 3. The van der Waals surface area contributed by atoms with E-state index in [-0.39, 0.29) is 0 Å². The first kappa shape index (κ1) is 31.9. The molecule has 0 aliphatic heterocycles. The van der Waals surface area contributed by atoms with E-state index in [1.807, 2.05) is 84.9 Å². The first-order valence-electron chi connectivity index (χ1n) is 18.7. The highest BCUT2D eigenvalue weighted by Crippen LogP contribution is 2.43. The van der Waals surface area contributed by atoms with Gasteiger partial charge in [-0.2, -0.15) is 0 Å². The normalized spacial score (nSPS) is 11.6. The van der Waals surface area contributed by atoms with Crippen molar-refractivity contribution in [1.29, 1.82) is 0 Å². The van der Waals surface area contributed by atoms with Crippen molar-refractivity contribution in [3.05, 3.63) is 188 Å². The van der Waals surface area contributed by atoms with Gasteiger partial charge in [-0.25, -0.2) is 15.0 Å². The zero-order valence-electron chi connectivity index (χ0n) is 30.1. The predicted molar refractivity (Wildman–Crippen MR) is 227 cm³/mol. The Kier molecular flexibility index (Phi) is 7.42. The zero-order valence-corrected chi connectivity index (χ0v) is 30.1. The Labute approximate surface area is 322 Å². The van der Waals surface area contributed by atoms with Crippen LogP contribution in [0.1, 0.15) is 0 Å². The van der Waals surface area contributed by atoms with Gasteiger partial charge in [0.15, 0.2) is 17.5 Å². The molecule has 11 rings (SSSR count). The van der Waals surface area contributed by atoms with E-state index >= 15 is 0 Å². The molecule has 0 amide bonds. The summed E-state index contributed by atoms with van der Waals surface area (Å²) in [7, 11) is 0. The van der Waals surface area contributed by atoms with E-state index in [9.17, 15) is 0 Å². The van der Waals surface area contributed by atoms with Crippen LogP contribution in [0, 0.1) is 0 Å². The van der Waals surface area contributed by atoms with Gasteiger partial charge in [-0.1, -0.05) is 158 Å². The summed E-state index contributed by atoms with van der Waals surface area (Å²) in [5.41, 5.74) is 12.5. The van der Waals surface area contributed by atoms with Gasteiger partial charge < -0.3 is 8.83 Å². The topological polar surface area (TPSA) is 65.0 Å². The fourth-order valence-corrected chi connectivity index (χ4v) is 7.77. The van der Waals surface area contributed by atoms with Crippen molar-refractivity contribution in [3.8, 4) is 67.5 Å². The summed E-state index contributed by atoms with van der Waals surface area (Å²) in [4.78, 5) is 14.8. The molecule has 0 N–H and O–H groups in total. The Morgan fingerprint density at radius 1 is 0.268 bits per heavy atom. The third-order valence-corrected chi connectivity index (χ3v) is 10.5. The molecule has 0 bridgehead atoms. The molecule has 0 spiro atoms.